The van der Waals surface area contributed by atoms with Crippen LogP contribution in [0.1, 0.15) is 11.7 Å². The third-order valence-electron chi connectivity index (χ3n) is 2.37. The fourth-order valence-electron chi connectivity index (χ4n) is 1.63. The van der Waals surface area contributed by atoms with Gasteiger partial charge in [0.05, 0.1) is 20.2 Å². The maximum Gasteiger partial charge on any atom is 0.198 e. The number of nitrogens with two attached hydrogens (primary N) is 1. The summed E-state index contributed by atoms with van der Waals surface area (Å²) in [5.41, 5.74) is 6.48. The van der Waals surface area contributed by atoms with Gasteiger partial charge in [-0.3, -0.25) is 4.99 Å². The van der Waals surface area contributed by atoms with Gasteiger partial charge in [-0.15, -0.1) is 0 Å². The van der Waals surface area contributed by atoms with Gasteiger partial charge in [0, 0.05) is 5.56 Å². The lowest BCUT2D eigenvalue weighted by atomic mass is 10.1. The molecule has 1 atom stereocenters. The van der Waals surface area contributed by atoms with Crippen LogP contribution < -0.4 is 10.5 Å². The van der Waals surface area contributed by atoms with Gasteiger partial charge in [0.15, 0.2) is 5.90 Å². The maximum atomic E-state index is 5.58. The van der Waals surface area contributed by atoms with E-state index in [0.717, 1.165) is 11.3 Å². The highest BCUT2D eigenvalue weighted by atomic mass is 16.5. The van der Waals surface area contributed by atoms with Crippen LogP contribution in [0.3, 0.4) is 0 Å². The summed E-state index contributed by atoms with van der Waals surface area (Å²) in [6.07, 6.45) is -0.0558. The van der Waals surface area contributed by atoms with Crippen molar-refractivity contribution in [1.29, 1.82) is 0 Å². The SMILES string of the molecule is COc1ccccc1C1CN=C(CN)O1. The fraction of sp³-hybridized carbons (Fsp3) is 0.364. The largest absolute Gasteiger partial charge is 0.496 e. The molecule has 4 nitrogen and oxygen atoms in total. The molecule has 80 valence electrons. The topological polar surface area (TPSA) is 56.8 Å². The summed E-state index contributed by atoms with van der Waals surface area (Å²) in [7, 11) is 1.65. The number of benzene rings is 1. The molecule has 0 saturated carbocycles. The lowest BCUT2D eigenvalue weighted by Crippen LogP contribution is -2.15. The van der Waals surface area contributed by atoms with Crippen molar-refractivity contribution < 1.29 is 9.47 Å². The van der Waals surface area contributed by atoms with Crippen molar-refractivity contribution in [2.24, 2.45) is 10.7 Å². The molecule has 1 aromatic carbocycles. The number of para-hydroxylation sites is 1. The highest BCUT2D eigenvalue weighted by Gasteiger charge is 2.23. The van der Waals surface area contributed by atoms with Crippen molar-refractivity contribution in [1.82, 2.24) is 0 Å². The summed E-state index contributed by atoms with van der Waals surface area (Å²) >= 11 is 0. The van der Waals surface area contributed by atoms with Gasteiger partial charge >= 0.3 is 0 Å². The van der Waals surface area contributed by atoms with E-state index in [1.165, 1.54) is 0 Å². The summed E-state index contributed by atoms with van der Waals surface area (Å²) in [6, 6.07) is 7.79. The highest BCUT2D eigenvalue weighted by molar-refractivity contribution is 5.79. The van der Waals surface area contributed by atoms with E-state index in [-0.39, 0.29) is 6.10 Å². The Morgan fingerprint density at radius 2 is 2.33 bits per heavy atom. The molecule has 2 N–H and O–H groups in total. The molecule has 1 aromatic rings. The van der Waals surface area contributed by atoms with E-state index in [1.54, 1.807) is 7.11 Å². The van der Waals surface area contributed by atoms with E-state index < -0.39 is 0 Å². The Morgan fingerprint density at radius 1 is 1.53 bits per heavy atom. The Balaban J connectivity index is 2.18. The number of nitrogens with zero attached hydrogens (tertiary/aromatic N) is 1. The molecule has 0 spiro atoms. The second kappa shape index (κ2) is 4.31. The lowest BCUT2D eigenvalue weighted by Gasteiger charge is -2.14. The van der Waals surface area contributed by atoms with Crippen molar-refractivity contribution in [3.05, 3.63) is 29.8 Å². The number of rotatable bonds is 3. The van der Waals surface area contributed by atoms with Crippen LogP contribution in [0.5, 0.6) is 5.75 Å². The smallest absolute Gasteiger partial charge is 0.198 e. The van der Waals surface area contributed by atoms with Gasteiger partial charge < -0.3 is 15.2 Å². The summed E-state index contributed by atoms with van der Waals surface area (Å²) in [4.78, 5) is 4.20. The molecule has 1 heterocycles. The minimum Gasteiger partial charge on any atom is -0.496 e. The zero-order valence-electron chi connectivity index (χ0n) is 8.64. The number of aliphatic imine (C=N–C) groups is 1. The fourth-order valence-corrected chi connectivity index (χ4v) is 1.63. The number of ether oxygens (including phenoxy) is 2. The van der Waals surface area contributed by atoms with E-state index >= 15 is 0 Å². The Bertz CT molecular complexity index is 377. The van der Waals surface area contributed by atoms with Crippen LogP contribution in [-0.4, -0.2) is 26.1 Å². The summed E-state index contributed by atoms with van der Waals surface area (Å²) in [6.45, 7) is 0.971. The molecule has 0 aliphatic carbocycles. The molecule has 15 heavy (non-hydrogen) atoms. The van der Waals surface area contributed by atoms with Crippen molar-refractivity contribution in [2.75, 3.05) is 20.2 Å². The van der Waals surface area contributed by atoms with Gasteiger partial charge in [-0.1, -0.05) is 18.2 Å². The zero-order valence-corrected chi connectivity index (χ0v) is 8.64. The van der Waals surface area contributed by atoms with E-state index in [0.29, 0.717) is 19.0 Å². The summed E-state index contributed by atoms with van der Waals surface area (Å²) < 4.78 is 10.8. The second-order valence-electron chi connectivity index (χ2n) is 3.29. The molecule has 0 amide bonds. The van der Waals surface area contributed by atoms with Crippen molar-refractivity contribution in [2.45, 2.75) is 6.10 Å². The van der Waals surface area contributed by atoms with Crippen LogP contribution in [0.4, 0.5) is 0 Å². The van der Waals surface area contributed by atoms with Crippen molar-refractivity contribution in [3.8, 4) is 5.75 Å². The Kier molecular flexibility index (Phi) is 2.87. The Labute approximate surface area is 88.7 Å². The number of methoxy groups -OCH3 is 1. The van der Waals surface area contributed by atoms with E-state index in [9.17, 15) is 0 Å². The minimum absolute atomic E-state index is 0.0558. The molecule has 0 bridgehead atoms. The minimum atomic E-state index is -0.0558. The maximum absolute atomic E-state index is 5.58. The van der Waals surface area contributed by atoms with Gasteiger partial charge in [0.1, 0.15) is 11.9 Å². The highest BCUT2D eigenvalue weighted by Crippen LogP contribution is 2.30. The van der Waals surface area contributed by atoms with Crippen LogP contribution in [0.15, 0.2) is 29.3 Å². The van der Waals surface area contributed by atoms with Gasteiger partial charge in [-0.05, 0) is 6.07 Å². The van der Waals surface area contributed by atoms with Gasteiger partial charge in [-0.25, -0.2) is 0 Å². The molecule has 1 aliphatic rings. The normalized spacial score (nSPS) is 19.6. The third-order valence-corrected chi connectivity index (χ3v) is 2.37. The zero-order chi connectivity index (χ0) is 10.7. The summed E-state index contributed by atoms with van der Waals surface area (Å²) in [5.74, 6) is 1.45. The van der Waals surface area contributed by atoms with Crippen LogP contribution in [0, 0.1) is 0 Å². The molecular formula is C11H14N2O2. The monoisotopic (exact) mass is 206 g/mol. The van der Waals surface area contributed by atoms with Crippen molar-refractivity contribution >= 4 is 5.90 Å². The van der Waals surface area contributed by atoms with E-state index in [2.05, 4.69) is 4.99 Å². The Morgan fingerprint density at radius 3 is 3.00 bits per heavy atom. The first-order valence-electron chi connectivity index (χ1n) is 4.88. The standard InChI is InChI=1S/C11H14N2O2/c1-14-9-5-3-2-4-8(9)10-7-13-11(6-12)15-10/h2-5,10H,6-7,12H2,1H3. The van der Waals surface area contributed by atoms with Crippen LogP contribution in [-0.2, 0) is 4.74 Å². The first-order chi connectivity index (χ1) is 7.35. The predicted octanol–water partition coefficient (Wildman–Crippen LogP) is 1.12. The second-order valence-corrected chi connectivity index (χ2v) is 3.29. The molecule has 1 aliphatic heterocycles. The first kappa shape index (κ1) is 9.98. The van der Waals surface area contributed by atoms with Gasteiger partial charge in [0.25, 0.3) is 0 Å². The van der Waals surface area contributed by atoms with Crippen LogP contribution >= 0.6 is 0 Å². The van der Waals surface area contributed by atoms with Crippen molar-refractivity contribution in [3.63, 3.8) is 0 Å². The molecule has 2 rings (SSSR count). The van der Waals surface area contributed by atoms with Gasteiger partial charge in [-0.2, -0.15) is 0 Å². The molecule has 0 radical (unpaired) electrons. The number of hydrogen-bond acceptors (Lipinski definition) is 4. The third kappa shape index (κ3) is 1.94. The molecule has 1 unspecified atom stereocenters. The molecular weight excluding hydrogens is 192 g/mol. The molecule has 0 saturated heterocycles. The summed E-state index contributed by atoms with van der Waals surface area (Å²) in [5, 5.41) is 0. The van der Waals surface area contributed by atoms with E-state index in [4.69, 9.17) is 15.2 Å². The lowest BCUT2D eigenvalue weighted by molar-refractivity contribution is 0.220. The Hall–Kier alpha value is -1.55. The average Bonchev–Trinajstić information content (AvgIpc) is 2.77. The first-order valence-corrected chi connectivity index (χ1v) is 4.88. The number of hydrogen-bond donors (Lipinski definition) is 1. The van der Waals surface area contributed by atoms with Crippen LogP contribution in [0.2, 0.25) is 0 Å². The molecule has 0 aromatic heterocycles. The molecule has 0 fully saturated rings. The predicted molar refractivity (Wildman–Crippen MR) is 58.2 cm³/mol. The van der Waals surface area contributed by atoms with Gasteiger partial charge in [0.2, 0.25) is 0 Å². The van der Waals surface area contributed by atoms with E-state index in [1.807, 2.05) is 24.3 Å². The average molecular weight is 206 g/mol. The molecule has 4 heteroatoms. The quantitative estimate of drug-likeness (QED) is 0.806. The van der Waals surface area contributed by atoms with Crippen LogP contribution in [0.25, 0.3) is 0 Å².